The third-order valence-electron chi connectivity index (χ3n) is 4.84. The van der Waals surface area contributed by atoms with E-state index < -0.39 is 0 Å². The molecule has 0 saturated carbocycles. The van der Waals surface area contributed by atoms with Gasteiger partial charge in [-0.25, -0.2) is 4.98 Å². The molecule has 0 unspecified atom stereocenters. The van der Waals surface area contributed by atoms with Crippen molar-refractivity contribution >= 4 is 23.0 Å². The molecule has 0 atom stereocenters. The quantitative estimate of drug-likeness (QED) is 0.699. The van der Waals surface area contributed by atoms with E-state index in [1.807, 2.05) is 56.3 Å². The van der Waals surface area contributed by atoms with Crippen LogP contribution in [0.15, 0.2) is 48.7 Å². The number of hydrogen-bond acceptors (Lipinski definition) is 3. The minimum Gasteiger partial charge on any atom is -0.338 e. The molecule has 0 aliphatic carbocycles. The average Bonchev–Trinajstić information content (AvgIpc) is 3.09. The van der Waals surface area contributed by atoms with Crippen molar-refractivity contribution in [2.24, 2.45) is 0 Å². The summed E-state index contributed by atoms with van der Waals surface area (Å²) in [5, 5.41) is 2.96. The van der Waals surface area contributed by atoms with Crippen LogP contribution in [0.1, 0.15) is 60.3 Å². The van der Waals surface area contributed by atoms with Gasteiger partial charge in [0.1, 0.15) is 0 Å². The number of anilines is 1. The van der Waals surface area contributed by atoms with Gasteiger partial charge in [-0.1, -0.05) is 38.1 Å². The summed E-state index contributed by atoms with van der Waals surface area (Å²) in [4.78, 5) is 32.0. The highest BCUT2D eigenvalue weighted by Crippen LogP contribution is 2.24. The maximum atomic E-state index is 13.0. The van der Waals surface area contributed by atoms with Crippen molar-refractivity contribution in [1.82, 2.24) is 14.3 Å². The number of rotatable bonds is 6. The molecule has 3 rings (SSSR count). The summed E-state index contributed by atoms with van der Waals surface area (Å²) in [6.45, 7) is 9.19. The van der Waals surface area contributed by atoms with Crippen molar-refractivity contribution in [3.8, 4) is 0 Å². The maximum Gasteiger partial charge on any atom is 0.292 e. The fraction of sp³-hybridized carbons (Fsp3) is 0.318. The van der Waals surface area contributed by atoms with Gasteiger partial charge in [0.05, 0.1) is 5.52 Å². The van der Waals surface area contributed by atoms with E-state index in [1.54, 1.807) is 15.5 Å². The topological polar surface area (TPSA) is 66.7 Å². The van der Waals surface area contributed by atoms with Gasteiger partial charge in [-0.2, -0.15) is 0 Å². The first-order chi connectivity index (χ1) is 13.5. The number of imidazole rings is 1. The highest BCUT2D eigenvalue weighted by Gasteiger charge is 2.24. The molecule has 0 fully saturated rings. The Bertz CT molecular complexity index is 1000. The van der Waals surface area contributed by atoms with E-state index in [0.29, 0.717) is 24.3 Å². The molecule has 0 radical (unpaired) electrons. The monoisotopic (exact) mass is 378 g/mol. The minimum atomic E-state index is -0.340. The summed E-state index contributed by atoms with van der Waals surface area (Å²) in [6.07, 6.45) is 1.75. The molecule has 1 N–H and O–H groups in total. The molecule has 6 heteroatoms. The fourth-order valence-electron chi connectivity index (χ4n) is 3.31. The van der Waals surface area contributed by atoms with E-state index in [9.17, 15) is 9.59 Å². The van der Waals surface area contributed by atoms with Gasteiger partial charge in [-0.05, 0) is 43.5 Å². The first-order valence-electron chi connectivity index (χ1n) is 9.64. The summed E-state index contributed by atoms with van der Waals surface area (Å²) >= 11 is 0. The smallest absolute Gasteiger partial charge is 0.292 e. The molecule has 28 heavy (non-hydrogen) atoms. The first-order valence-corrected chi connectivity index (χ1v) is 9.64. The molecule has 3 aromatic rings. The van der Waals surface area contributed by atoms with Crippen LogP contribution in [0.5, 0.6) is 0 Å². The first kappa shape index (κ1) is 19.6. The van der Waals surface area contributed by atoms with Gasteiger partial charge in [0.15, 0.2) is 5.69 Å². The second-order valence-electron chi connectivity index (χ2n) is 6.91. The van der Waals surface area contributed by atoms with Crippen molar-refractivity contribution in [3.63, 3.8) is 0 Å². The number of amides is 2. The van der Waals surface area contributed by atoms with Crippen molar-refractivity contribution in [2.45, 2.75) is 33.6 Å². The summed E-state index contributed by atoms with van der Waals surface area (Å²) in [7, 11) is 0. The highest BCUT2D eigenvalue weighted by atomic mass is 16.2. The molecule has 6 nitrogen and oxygen atoms in total. The summed E-state index contributed by atoms with van der Waals surface area (Å²) in [5.41, 5.74) is 2.73. The van der Waals surface area contributed by atoms with Gasteiger partial charge in [0, 0.05) is 25.0 Å². The van der Waals surface area contributed by atoms with E-state index in [4.69, 9.17) is 0 Å². The van der Waals surface area contributed by atoms with E-state index in [0.717, 1.165) is 11.3 Å². The molecule has 2 heterocycles. The lowest BCUT2D eigenvalue weighted by molar-refractivity contribution is 0.0769. The van der Waals surface area contributed by atoms with E-state index in [1.165, 1.54) is 0 Å². The Kier molecular flexibility index (Phi) is 5.78. The van der Waals surface area contributed by atoms with Gasteiger partial charge < -0.3 is 10.2 Å². The molecule has 0 aliphatic rings. The lowest BCUT2D eigenvalue weighted by Gasteiger charge is -2.17. The molecule has 0 saturated heterocycles. The van der Waals surface area contributed by atoms with Gasteiger partial charge in [-0.3, -0.25) is 14.0 Å². The predicted octanol–water partition coefficient (Wildman–Crippen LogP) is 4.19. The number of carbonyl (C=O) groups is 2. The number of nitrogens with zero attached hydrogens (tertiary/aromatic N) is 3. The Labute approximate surface area is 165 Å². The van der Waals surface area contributed by atoms with Crippen LogP contribution in [0.3, 0.4) is 0 Å². The SMILES string of the molecule is CCN(CC)C(=O)c1nc(C(=O)Nc2ccccc2C(C)C)n2ccccc12. The van der Waals surface area contributed by atoms with Gasteiger partial charge in [0.25, 0.3) is 11.8 Å². The van der Waals surface area contributed by atoms with Gasteiger partial charge in [0.2, 0.25) is 5.82 Å². The Hall–Kier alpha value is -3.15. The normalized spacial score (nSPS) is 11.0. The second kappa shape index (κ2) is 8.25. The van der Waals surface area contributed by atoms with Crippen LogP contribution in [0.25, 0.3) is 5.52 Å². The molecule has 0 bridgehead atoms. The molecule has 1 aromatic carbocycles. The Morgan fingerprint density at radius 3 is 2.43 bits per heavy atom. The number of pyridine rings is 1. The number of fused-ring (bicyclic) bond motifs is 1. The van der Waals surface area contributed by atoms with Crippen LogP contribution in [0, 0.1) is 0 Å². The molecule has 0 aliphatic heterocycles. The Morgan fingerprint density at radius 2 is 1.75 bits per heavy atom. The van der Waals surface area contributed by atoms with Crippen LogP contribution in [-0.2, 0) is 0 Å². The Balaban J connectivity index is 2.02. The van der Waals surface area contributed by atoms with Crippen LogP contribution in [0.4, 0.5) is 5.69 Å². The summed E-state index contributed by atoms with van der Waals surface area (Å²) < 4.78 is 1.67. The molecule has 2 aromatic heterocycles. The van der Waals surface area contributed by atoms with Gasteiger partial charge >= 0.3 is 0 Å². The number of benzene rings is 1. The van der Waals surface area contributed by atoms with Gasteiger partial charge in [-0.15, -0.1) is 0 Å². The molecular formula is C22H26N4O2. The van der Waals surface area contributed by atoms with Crippen molar-refractivity contribution in [3.05, 3.63) is 65.7 Å². The average molecular weight is 378 g/mol. The second-order valence-corrected chi connectivity index (χ2v) is 6.91. The number of carbonyl (C=O) groups excluding carboxylic acids is 2. The van der Waals surface area contributed by atoms with Crippen molar-refractivity contribution < 1.29 is 9.59 Å². The lowest BCUT2D eigenvalue weighted by atomic mass is 10.0. The van der Waals surface area contributed by atoms with Crippen molar-refractivity contribution in [1.29, 1.82) is 0 Å². The van der Waals surface area contributed by atoms with E-state index in [-0.39, 0.29) is 23.6 Å². The van der Waals surface area contributed by atoms with Crippen LogP contribution in [-0.4, -0.2) is 39.2 Å². The van der Waals surface area contributed by atoms with Crippen LogP contribution < -0.4 is 5.32 Å². The van der Waals surface area contributed by atoms with Crippen molar-refractivity contribution in [2.75, 3.05) is 18.4 Å². The third kappa shape index (κ3) is 3.63. The standard InChI is InChI=1S/C22H26N4O2/c1-5-25(6-2)22(28)19-18-13-9-10-14-26(18)20(24-19)21(27)23-17-12-8-7-11-16(17)15(3)4/h7-15H,5-6H2,1-4H3,(H,23,27). The predicted molar refractivity (Wildman–Crippen MR) is 111 cm³/mol. The molecule has 146 valence electrons. The minimum absolute atomic E-state index is 0.171. The largest absolute Gasteiger partial charge is 0.338 e. The summed E-state index contributed by atoms with van der Waals surface area (Å²) in [6, 6.07) is 13.2. The van der Waals surface area contributed by atoms with E-state index in [2.05, 4.69) is 24.1 Å². The zero-order valence-corrected chi connectivity index (χ0v) is 16.8. The molecule has 0 spiro atoms. The van der Waals surface area contributed by atoms with E-state index >= 15 is 0 Å². The number of para-hydroxylation sites is 1. The summed E-state index contributed by atoms with van der Waals surface area (Å²) in [5.74, 6) is -0.0405. The number of aromatic nitrogens is 2. The van der Waals surface area contributed by atoms with Crippen LogP contribution >= 0.6 is 0 Å². The third-order valence-corrected chi connectivity index (χ3v) is 4.84. The molecular weight excluding hydrogens is 352 g/mol. The lowest BCUT2D eigenvalue weighted by Crippen LogP contribution is -2.31. The van der Waals surface area contributed by atoms with Crippen LogP contribution in [0.2, 0.25) is 0 Å². The zero-order chi connectivity index (χ0) is 20.3. The maximum absolute atomic E-state index is 13.0. The highest BCUT2D eigenvalue weighted by molar-refractivity contribution is 6.06. The zero-order valence-electron chi connectivity index (χ0n) is 16.8. The number of hydrogen-bond donors (Lipinski definition) is 1. The fourth-order valence-corrected chi connectivity index (χ4v) is 3.31. The molecule has 2 amide bonds. The Morgan fingerprint density at radius 1 is 1.07 bits per heavy atom. The number of nitrogens with one attached hydrogen (secondary N) is 1.